The van der Waals surface area contributed by atoms with Gasteiger partial charge in [-0.15, -0.1) is 11.3 Å². The van der Waals surface area contributed by atoms with Gasteiger partial charge in [0.1, 0.15) is 0 Å². The van der Waals surface area contributed by atoms with Crippen molar-refractivity contribution in [3.05, 3.63) is 15.6 Å². The SMILES string of the molecule is CNCc1sc(C2CCC(C(C)C)CC2)nc1COC. The average molecular weight is 296 g/mol. The highest BCUT2D eigenvalue weighted by atomic mass is 32.1. The van der Waals surface area contributed by atoms with Crippen LogP contribution in [0.15, 0.2) is 0 Å². The lowest BCUT2D eigenvalue weighted by Crippen LogP contribution is -2.17. The molecule has 1 fully saturated rings. The Morgan fingerprint density at radius 1 is 1.30 bits per heavy atom. The summed E-state index contributed by atoms with van der Waals surface area (Å²) in [5, 5.41) is 4.57. The Hall–Kier alpha value is -0.450. The summed E-state index contributed by atoms with van der Waals surface area (Å²) in [4.78, 5) is 6.21. The summed E-state index contributed by atoms with van der Waals surface area (Å²) >= 11 is 1.89. The molecule has 1 aliphatic carbocycles. The summed E-state index contributed by atoms with van der Waals surface area (Å²) in [5.74, 6) is 2.42. The molecule has 0 unspecified atom stereocenters. The Labute approximate surface area is 127 Å². The summed E-state index contributed by atoms with van der Waals surface area (Å²) in [6.07, 6.45) is 5.34. The van der Waals surface area contributed by atoms with E-state index in [1.807, 2.05) is 18.4 Å². The fraction of sp³-hybridized carbons (Fsp3) is 0.812. The molecule has 1 saturated carbocycles. The molecule has 0 aliphatic heterocycles. The van der Waals surface area contributed by atoms with Gasteiger partial charge >= 0.3 is 0 Å². The maximum Gasteiger partial charge on any atom is 0.0963 e. The third-order valence-electron chi connectivity index (χ3n) is 4.48. The molecule has 0 amide bonds. The van der Waals surface area contributed by atoms with Gasteiger partial charge in [0.15, 0.2) is 0 Å². The third-order valence-corrected chi connectivity index (χ3v) is 5.74. The van der Waals surface area contributed by atoms with Gasteiger partial charge in [-0.05, 0) is 44.6 Å². The topological polar surface area (TPSA) is 34.2 Å². The second-order valence-electron chi connectivity index (χ2n) is 6.24. The van der Waals surface area contributed by atoms with Crippen molar-refractivity contribution in [3.63, 3.8) is 0 Å². The molecule has 1 N–H and O–H groups in total. The molecule has 3 nitrogen and oxygen atoms in total. The molecule has 0 spiro atoms. The second kappa shape index (κ2) is 7.53. The molecule has 0 aromatic carbocycles. The molecular weight excluding hydrogens is 268 g/mol. The molecule has 1 heterocycles. The van der Waals surface area contributed by atoms with Gasteiger partial charge < -0.3 is 10.1 Å². The number of ether oxygens (including phenoxy) is 1. The van der Waals surface area contributed by atoms with Crippen molar-refractivity contribution >= 4 is 11.3 Å². The zero-order chi connectivity index (χ0) is 14.5. The Bertz CT molecular complexity index is 385. The van der Waals surface area contributed by atoms with Gasteiger partial charge in [-0.3, -0.25) is 0 Å². The average Bonchev–Trinajstić information content (AvgIpc) is 2.83. The minimum Gasteiger partial charge on any atom is -0.378 e. The number of methoxy groups -OCH3 is 1. The maximum atomic E-state index is 5.28. The number of thiazole rings is 1. The Morgan fingerprint density at radius 2 is 2.00 bits per heavy atom. The summed E-state index contributed by atoms with van der Waals surface area (Å²) in [6.45, 7) is 6.25. The largest absolute Gasteiger partial charge is 0.378 e. The van der Waals surface area contributed by atoms with Crippen molar-refractivity contribution in [2.24, 2.45) is 11.8 Å². The van der Waals surface area contributed by atoms with Gasteiger partial charge in [-0.25, -0.2) is 4.98 Å². The van der Waals surface area contributed by atoms with Crippen LogP contribution in [0.3, 0.4) is 0 Å². The number of nitrogens with zero attached hydrogens (tertiary/aromatic N) is 1. The van der Waals surface area contributed by atoms with Crippen molar-refractivity contribution in [3.8, 4) is 0 Å². The molecule has 0 saturated heterocycles. The van der Waals surface area contributed by atoms with Crippen LogP contribution in [0.4, 0.5) is 0 Å². The predicted octanol–water partition coefficient (Wildman–Crippen LogP) is 3.94. The van der Waals surface area contributed by atoms with E-state index >= 15 is 0 Å². The van der Waals surface area contributed by atoms with Crippen LogP contribution in [0.5, 0.6) is 0 Å². The fourth-order valence-electron chi connectivity index (χ4n) is 3.16. The van der Waals surface area contributed by atoms with Crippen molar-refractivity contribution < 1.29 is 4.74 Å². The molecule has 1 aliphatic rings. The van der Waals surface area contributed by atoms with E-state index < -0.39 is 0 Å². The van der Waals surface area contributed by atoms with E-state index in [0.717, 1.165) is 24.1 Å². The lowest BCUT2D eigenvalue weighted by molar-refractivity contribution is 0.181. The number of hydrogen-bond acceptors (Lipinski definition) is 4. The van der Waals surface area contributed by atoms with Crippen LogP contribution in [0, 0.1) is 11.8 Å². The maximum absolute atomic E-state index is 5.28. The van der Waals surface area contributed by atoms with Crippen molar-refractivity contribution in [1.29, 1.82) is 0 Å². The van der Waals surface area contributed by atoms with Crippen molar-refractivity contribution in [2.75, 3.05) is 14.2 Å². The highest BCUT2D eigenvalue weighted by Gasteiger charge is 2.26. The van der Waals surface area contributed by atoms with Crippen LogP contribution in [0.2, 0.25) is 0 Å². The van der Waals surface area contributed by atoms with E-state index in [4.69, 9.17) is 9.72 Å². The van der Waals surface area contributed by atoms with Gasteiger partial charge in [0, 0.05) is 24.4 Å². The summed E-state index contributed by atoms with van der Waals surface area (Å²) in [7, 11) is 3.74. The first kappa shape index (κ1) is 15.9. The van der Waals surface area contributed by atoms with Gasteiger partial charge in [0.2, 0.25) is 0 Å². The Morgan fingerprint density at radius 3 is 2.55 bits per heavy atom. The summed E-state index contributed by atoms with van der Waals surface area (Å²) in [6, 6.07) is 0. The number of rotatable bonds is 6. The first-order chi connectivity index (χ1) is 9.65. The normalized spacial score (nSPS) is 23.4. The zero-order valence-electron chi connectivity index (χ0n) is 13.2. The van der Waals surface area contributed by atoms with Gasteiger partial charge in [0.25, 0.3) is 0 Å². The molecule has 0 bridgehead atoms. The third kappa shape index (κ3) is 3.80. The van der Waals surface area contributed by atoms with E-state index in [1.165, 1.54) is 35.6 Å². The fourth-order valence-corrected chi connectivity index (χ4v) is 4.41. The van der Waals surface area contributed by atoms with Crippen LogP contribution in [-0.2, 0) is 17.9 Å². The van der Waals surface area contributed by atoms with Gasteiger partial charge in [-0.2, -0.15) is 0 Å². The lowest BCUT2D eigenvalue weighted by atomic mass is 9.77. The van der Waals surface area contributed by atoms with Crippen LogP contribution in [-0.4, -0.2) is 19.1 Å². The van der Waals surface area contributed by atoms with Crippen LogP contribution < -0.4 is 5.32 Å². The van der Waals surface area contributed by atoms with Crippen molar-refractivity contribution in [2.45, 2.75) is 58.6 Å². The Balaban J connectivity index is 2.04. The van der Waals surface area contributed by atoms with Crippen molar-refractivity contribution in [1.82, 2.24) is 10.3 Å². The van der Waals surface area contributed by atoms with E-state index in [1.54, 1.807) is 7.11 Å². The number of hydrogen-bond donors (Lipinski definition) is 1. The number of nitrogens with one attached hydrogen (secondary N) is 1. The smallest absolute Gasteiger partial charge is 0.0963 e. The molecule has 0 atom stereocenters. The molecule has 2 rings (SSSR count). The lowest BCUT2D eigenvalue weighted by Gasteiger charge is -2.29. The minimum absolute atomic E-state index is 0.634. The van der Waals surface area contributed by atoms with Crippen LogP contribution in [0.1, 0.15) is 61.0 Å². The highest BCUT2D eigenvalue weighted by Crippen LogP contribution is 2.40. The second-order valence-corrected chi connectivity index (χ2v) is 7.36. The summed E-state index contributed by atoms with van der Waals surface area (Å²) < 4.78 is 5.28. The number of aromatic nitrogens is 1. The predicted molar refractivity (Wildman–Crippen MR) is 85.1 cm³/mol. The molecule has 4 heteroatoms. The zero-order valence-corrected chi connectivity index (χ0v) is 14.1. The first-order valence-electron chi connectivity index (χ1n) is 7.77. The Kier molecular flexibility index (Phi) is 6.00. The van der Waals surface area contributed by atoms with E-state index in [2.05, 4.69) is 19.2 Å². The molecule has 1 aromatic rings. The molecule has 1 aromatic heterocycles. The highest BCUT2D eigenvalue weighted by molar-refractivity contribution is 7.11. The first-order valence-corrected chi connectivity index (χ1v) is 8.59. The van der Waals surface area contributed by atoms with E-state index in [0.29, 0.717) is 12.5 Å². The van der Waals surface area contributed by atoms with E-state index in [-0.39, 0.29) is 0 Å². The molecule has 0 radical (unpaired) electrons. The van der Waals surface area contributed by atoms with E-state index in [9.17, 15) is 0 Å². The monoisotopic (exact) mass is 296 g/mol. The molecule has 20 heavy (non-hydrogen) atoms. The quantitative estimate of drug-likeness (QED) is 0.863. The standard InChI is InChI=1S/C16H28N2OS/c1-11(2)12-5-7-13(8-6-12)16-18-14(10-19-4)15(20-16)9-17-3/h11-13,17H,5-10H2,1-4H3. The minimum atomic E-state index is 0.634. The van der Waals surface area contributed by atoms with Gasteiger partial charge in [0.05, 0.1) is 17.3 Å². The summed E-state index contributed by atoms with van der Waals surface area (Å²) in [5.41, 5.74) is 1.13. The van der Waals surface area contributed by atoms with Crippen LogP contribution >= 0.6 is 11.3 Å². The molecular formula is C16H28N2OS. The molecule has 114 valence electrons. The van der Waals surface area contributed by atoms with Crippen LogP contribution in [0.25, 0.3) is 0 Å². The van der Waals surface area contributed by atoms with Gasteiger partial charge in [-0.1, -0.05) is 13.8 Å².